The number of carbonyl (C=O) groups excluding carboxylic acids is 1. The summed E-state index contributed by atoms with van der Waals surface area (Å²) in [5.74, 6) is 0.908. The number of anilines is 1. The van der Waals surface area contributed by atoms with Gasteiger partial charge in [0.05, 0.1) is 0 Å². The first-order valence-electron chi connectivity index (χ1n) is 5.08. The van der Waals surface area contributed by atoms with Crippen molar-refractivity contribution in [2.75, 3.05) is 12.4 Å². The summed E-state index contributed by atoms with van der Waals surface area (Å²) in [7, 11) is 1.83. The highest BCUT2D eigenvalue weighted by Crippen LogP contribution is 2.09. The highest BCUT2D eigenvalue weighted by atomic mass is 16.1. The Balaban J connectivity index is 2.66. The molecule has 0 aliphatic heterocycles. The highest BCUT2D eigenvalue weighted by molar-refractivity contribution is 5.75. The van der Waals surface area contributed by atoms with Crippen LogP contribution in [-0.4, -0.2) is 17.9 Å². The minimum Gasteiger partial charge on any atom is -0.373 e. The van der Waals surface area contributed by atoms with E-state index in [2.05, 4.69) is 15.6 Å². The molecule has 0 radical (unpaired) electrons. The van der Waals surface area contributed by atoms with E-state index in [1.807, 2.05) is 33.0 Å². The monoisotopic (exact) mass is 207 g/mol. The van der Waals surface area contributed by atoms with Crippen LogP contribution in [0.15, 0.2) is 12.1 Å². The van der Waals surface area contributed by atoms with Gasteiger partial charge in [-0.15, -0.1) is 0 Å². The van der Waals surface area contributed by atoms with Gasteiger partial charge < -0.3 is 10.6 Å². The Morgan fingerprint density at radius 1 is 1.47 bits per heavy atom. The van der Waals surface area contributed by atoms with Crippen LogP contribution in [0.4, 0.5) is 5.82 Å². The van der Waals surface area contributed by atoms with E-state index in [0.717, 1.165) is 17.1 Å². The molecular formula is C11H17N3O. The molecule has 2 N–H and O–H groups in total. The SMILES string of the molecule is CCC(=O)NCc1ccc(NC)nc1C. The van der Waals surface area contributed by atoms with Gasteiger partial charge in [0.2, 0.25) is 5.91 Å². The maximum absolute atomic E-state index is 11.1. The zero-order valence-corrected chi connectivity index (χ0v) is 9.42. The molecule has 0 atom stereocenters. The molecule has 0 saturated carbocycles. The molecule has 0 aromatic carbocycles. The van der Waals surface area contributed by atoms with Gasteiger partial charge in [-0.05, 0) is 18.6 Å². The van der Waals surface area contributed by atoms with E-state index in [1.54, 1.807) is 0 Å². The maximum Gasteiger partial charge on any atom is 0.219 e. The zero-order valence-electron chi connectivity index (χ0n) is 9.42. The van der Waals surface area contributed by atoms with Crippen molar-refractivity contribution >= 4 is 11.7 Å². The van der Waals surface area contributed by atoms with Gasteiger partial charge in [0, 0.05) is 25.7 Å². The lowest BCUT2D eigenvalue weighted by atomic mass is 10.2. The fourth-order valence-corrected chi connectivity index (χ4v) is 1.23. The van der Waals surface area contributed by atoms with E-state index in [9.17, 15) is 4.79 Å². The van der Waals surface area contributed by atoms with Crippen molar-refractivity contribution in [1.82, 2.24) is 10.3 Å². The van der Waals surface area contributed by atoms with Crippen molar-refractivity contribution in [3.63, 3.8) is 0 Å². The quantitative estimate of drug-likeness (QED) is 0.786. The second-order valence-corrected chi connectivity index (χ2v) is 3.32. The van der Waals surface area contributed by atoms with Crippen molar-refractivity contribution in [1.29, 1.82) is 0 Å². The molecule has 1 aromatic rings. The molecule has 1 heterocycles. The normalized spacial score (nSPS) is 9.80. The summed E-state index contributed by atoms with van der Waals surface area (Å²) in [5, 5.41) is 5.80. The van der Waals surface area contributed by atoms with Gasteiger partial charge in [-0.25, -0.2) is 4.98 Å². The number of nitrogens with one attached hydrogen (secondary N) is 2. The second-order valence-electron chi connectivity index (χ2n) is 3.32. The number of carbonyl (C=O) groups is 1. The van der Waals surface area contributed by atoms with Crippen LogP contribution in [0, 0.1) is 6.92 Å². The number of rotatable bonds is 4. The molecule has 0 aliphatic carbocycles. The van der Waals surface area contributed by atoms with Crippen molar-refractivity contribution in [3.8, 4) is 0 Å². The van der Waals surface area contributed by atoms with E-state index in [-0.39, 0.29) is 5.91 Å². The smallest absolute Gasteiger partial charge is 0.219 e. The fraction of sp³-hybridized carbons (Fsp3) is 0.455. The van der Waals surface area contributed by atoms with Crippen molar-refractivity contribution in [3.05, 3.63) is 23.4 Å². The molecule has 0 bridgehead atoms. The molecule has 4 heteroatoms. The van der Waals surface area contributed by atoms with Gasteiger partial charge >= 0.3 is 0 Å². The first-order valence-corrected chi connectivity index (χ1v) is 5.08. The molecular weight excluding hydrogens is 190 g/mol. The van der Waals surface area contributed by atoms with Crippen LogP contribution in [-0.2, 0) is 11.3 Å². The minimum atomic E-state index is 0.0621. The van der Waals surface area contributed by atoms with E-state index in [1.165, 1.54) is 0 Å². The molecule has 0 fully saturated rings. The summed E-state index contributed by atoms with van der Waals surface area (Å²) >= 11 is 0. The summed E-state index contributed by atoms with van der Waals surface area (Å²) in [4.78, 5) is 15.4. The molecule has 82 valence electrons. The predicted octanol–water partition coefficient (Wildman–Crippen LogP) is 1.46. The molecule has 0 saturated heterocycles. The Bertz CT molecular complexity index is 350. The second kappa shape index (κ2) is 5.34. The Labute approximate surface area is 90.1 Å². The van der Waals surface area contributed by atoms with Gasteiger partial charge in [-0.1, -0.05) is 13.0 Å². The van der Waals surface area contributed by atoms with E-state index < -0.39 is 0 Å². The summed E-state index contributed by atoms with van der Waals surface area (Å²) in [6.45, 7) is 4.33. The van der Waals surface area contributed by atoms with Crippen molar-refractivity contribution < 1.29 is 4.79 Å². The minimum absolute atomic E-state index is 0.0621. The van der Waals surface area contributed by atoms with Crippen LogP contribution >= 0.6 is 0 Å². The summed E-state index contributed by atoms with van der Waals surface area (Å²) in [6, 6.07) is 3.88. The van der Waals surface area contributed by atoms with Gasteiger partial charge in [0.1, 0.15) is 5.82 Å². The van der Waals surface area contributed by atoms with Crippen LogP contribution in [0.25, 0.3) is 0 Å². The van der Waals surface area contributed by atoms with Crippen LogP contribution in [0.2, 0.25) is 0 Å². The summed E-state index contributed by atoms with van der Waals surface area (Å²) < 4.78 is 0. The lowest BCUT2D eigenvalue weighted by Gasteiger charge is -2.08. The average Bonchev–Trinajstić information content (AvgIpc) is 2.26. The predicted molar refractivity (Wildman–Crippen MR) is 60.7 cm³/mol. The lowest BCUT2D eigenvalue weighted by molar-refractivity contribution is -0.120. The summed E-state index contributed by atoms with van der Waals surface area (Å²) in [5.41, 5.74) is 1.99. The molecule has 0 aliphatic rings. The number of nitrogens with zero attached hydrogens (tertiary/aromatic N) is 1. The van der Waals surface area contributed by atoms with Crippen LogP contribution < -0.4 is 10.6 Å². The zero-order chi connectivity index (χ0) is 11.3. The molecule has 0 unspecified atom stereocenters. The number of amides is 1. The first-order chi connectivity index (χ1) is 7.17. The maximum atomic E-state index is 11.1. The summed E-state index contributed by atoms with van der Waals surface area (Å²) in [6.07, 6.45) is 0.515. The lowest BCUT2D eigenvalue weighted by Crippen LogP contribution is -2.22. The number of aromatic nitrogens is 1. The first kappa shape index (κ1) is 11.5. The van der Waals surface area contributed by atoms with Gasteiger partial charge in [-0.3, -0.25) is 4.79 Å². The van der Waals surface area contributed by atoms with E-state index in [0.29, 0.717) is 13.0 Å². The largest absolute Gasteiger partial charge is 0.373 e. The van der Waals surface area contributed by atoms with Gasteiger partial charge in [0.25, 0.3) is 0 Å². The fourth-order valence-electron chi connectivity index (χ4n) is 1.23. The van der Waals surface area contributed by atoms with E-state index >= 15 is 0 Å². The van der Waals surface area contributed by atoms with Crippen molar-refractivity contribution in [2.24, 2.45) is 0 Å². The third kappa shape index (κ3) is 3.23. The Morgan fingerprint density at radius 3 is 2.73 bits per heavy atom. The third-order valence-electron chi connectivity index (χ3n) is 2.25. The number of hydrogen-bond acceptors (Lipinski definition) is 3. The molecule has 15 heavy (non-hydrogen) atoms. The molecule has 0 spiro atoms. The molecule has 1 aromatic heterocycles. The Hall–Kier alpha value is -1.58. The number of pyridine rings is 1. The third-order valence-corrected chi connectivity index (χ3v) is 2.25. The number of hydrogen-bond donors (Lipinski definition) is 2. The molecule has 1 rings (SSSR count). The van der Waals surface area contributed by atoms with Crippen LogP contribution in [0.5, 0.6) is 0 Å². The Kier molecular flexibility index (Phi) is 4.09. The highest BCUT2D eigenvalue weighted by Gasteiger charge is 2.02. The average molecular weight is 207 g/mol. The molecule has 4 nitrogen and oxygen atoms in total. The van der Waals surface area contributed by atoms with Crippen LogP contribution in [0.3, 0.4) is 0 Å². The standard InChI is InChI=1S/C11H17N3O/c1-4-11(15)13-7-9-5-6-10(12-3)14-8(9)2/h5-6H,4,7H2,1-3H3,(H,12,14)(H,13,15). The van der Waals surface area contributed by atoms with E-state index in [4.69, 9.17) is 0 Å². The van der Waals surface area contributed by atoms with Crippen molar-refractivity contribution in [2.45, 2.75) is 26.8 Å². The molecule has 1 amide bonds. The topological polar surface area (TPSA) is 54.0 Å². The Morgan fingerprint density at radius 2 is 2.20 bits per heavy atom. The van der Waals surface area contributed by atoms with Gasteiger partial charge in [0.15, 0.2) is 0 Å². The number of aryl methyl sites for hydroxylation is 1. The van der Waals surface area contributed by atoms with Gasteiger partial charge in [-0.2, -0.15) is 0 Å². The van der Waals surface area contributed by atoms with Crippen LogP contribution in [0.1, 0.15) is 24.6 Å².